The summed E-state index contributed by atoms with van der Waals surface area (Å²) in [5.41, 5.74) is -0.723. The number of fused-ring (bicyclic) bond motifs is 1. The maximum atomic E-state index is 12.9. The zero-order chi connectivity index (χ0) is 26.9. The molecule has 1 saturated heterocycles. The number of nitrogens with one attached hydrogen (secondary N) is 2. The molecule has 2 aliphatic rings. The highest BCUT2D eigenvalue weighted by Gasteiger charge is 2.42. The molecule has 0 spiro atoms. The Balaban J connectivity index is 1.74. The highest BCUT2D eigenvalue weighted by atomic mass is 16.5. The van der Waals surface area contributed by atoms with E-state index in [1.807, 2.05) is 0 Å². The fraction of sp³-hybridized carbons (Fsp3) is 0.450. The summed E-state index contributed by atoms with van der Waals surface area (Å²) in [5.74, 6) is -7.91. The second kappa shape index (κ2) is 10.3. The van der Waals surface area contributed by atoms with E-state index in [0.717, 1.165) is 6.07 Å². The zero-order valence-electron chi connectivity index (χ0n) is 19.3. The Bertz CT molecular complexity index is 1110. The quantitative estimate of drug-likeness (QED) is 0.120. The molecule has 0 bridgehead atoms. The van der Waals surface area contributed by atoms with Gasteiger partial charge in [-0.05, 0) is 31.9 Å². The molecule has 1 aromatic rings. The number of benzene rings is 1. The Kier molecular flexibility index (Phi) is 7.59. The third-order valence-electron chi connectivity index (χ3n) is 5.85. The Hall–Kier alpha value is -4.05. The second-order valence-electron chi connectivity index (χ2n) is 8.25. The Morgan fingerprint density at radius 2 is 1.89 bits per heavy atom. The van der Waals surface area contributed by atoms with Crippen molar-refractivity contribution in [2.45, 2.75) is 38.4 Å². The van der Waals surface area contributed by atoms with Crippen LogP contribution >= 0.6 is 0 Å². The molecule has 0 radical (unpaired) electrons. The van der Waals surface area contributed by atoms with Gasteiger partial charge in [0.15, 0.2) is 11.5 Å². The zero-order valence-corrected chi connectivity index (χ0v) is 19.3. The molecule has 194 valence electrons. The lowest BCUT2D eigenvalue weighted by Crippen LogP contribution is -2.63. The normalized spacial score (nSPS) is 19.2. The second-order valence-corrected chi connectivity index (χ2v) is 8.25. The van der Waals surface area contributed by atoms with E-state index < -0.39 is 77.7 Å². The molecule has 3 atom stereocenters. The molecule has 1 fully saturated rings. The molecule has 0 aromatic heterocycles. The van der Waals surface area contributed by atoms with Crippen molar-refractivity contribution in [3.63, 3.8) is 0 Å². The van der Waals surface area contributed by atoms with Crippen LogP contribution in [0.3, 0.4) is 0 Å². The van der Waals surface area contributed by atoms with Gasteiger partial charge in [-0.25, -0.2) is 9.59 Å². The lowest BCUT2D eigenvalue weighted by Gasteiger charge is -2.33. The summed E-state index contributed by atoms with van der Waals surface area (Å²) in [5, 5.41) is 53.9. The van der Waals surface area contributed by atoms with Crippen LogP contribution in [-0.4, -0.2) is 110 Å². The van der Waals surface area contributed by atoms with Gasteiger partial charge in [0.2, 0.25) is 5.91 Å². The molecule has 3 rings (SSSR count). The fourth-order valence-corrected chi connectivity index (χ4v) is 3.90. The number of piperazine rings is 1. The molecule has 36 heavy (non-hydrogen) atoms. The van der Waals surface area contributed by atoms with Gasteiger partial charge in [0.25, 0.3) is 0 Å². The van der Waals surface area contributed by atoms with Crippen LogP contribution in [0, 0.1) is 0 Å². The van der Waals surface area contributed by atoms with Crippen molar-refractivity contribution < 1.29 is 54.1 Å². The minimum absolute atomic E-state index is 0.0498. The average molecular weight is 508 g/mol. The number of likely N-dealkylation sites (N-methyl/N-ethyl adjacent to an activating group) is 1. The first-order valence-electron chi connectivity index (χ1n) is 10.9. The number of rotatable bonds is 6. The lowest BCUT2D eigenvalue weighted by molar-refractivity contribution is -0.153. The van der Waals surface area contributed by atoms with Gasteiger partial charge >= 0.3 is 30.9 Å². The van der Waals surface area contributed by atoms with Crippen LogP contribution in [0.25, 0.3) is 0 Å². The molecule has 7 N–H and O–H groups in total. The van der Waals surface area contributed by atoms with E-state index in [0.29, 0.717) is 4.90 Å². The number of carboxylic acid groups (broad SMARTS) is 1. The predicted octanol–water partition coefficient (Wildman–Crippen LogP) is -2.61. The standard InChI is InChI=1S/C20H25BN4O11/c1-3-24-4-5-25(18(31)17(24)30)20(34)23-13(8(2)26)16(29)22-11-7-9-6-10(27)14(28)12(19(32)33)15(9)36-21(11)35/h6,8,11,13,26-28,35H,3-5,7H2,1-2H3,(H,22,29)(H,23,34)(H,32,33)/t8-,11?,13-/m1/s1. The topological polar surface area (TPSA) is 226 Å². The third kappa shape index (κ3) is 4.99. The van der Waals surface area contributed by atoms with Crippen LogP contribution in [0.4, 0.5) is 4.79 Å². The number of aliphatic hydroxyl groups is 1. The summed E-state index contributed by atoms with van der Waals surface area (Å²) in [6, 6.07) is -1.68. The van der Waals surface area contributed by atoms with E-state index in [4.69, 9.17) is 4.65 Å². The molecule has 5 amide bonds. The third-order valence-corrected chi connectivity index (χ3v) is 5.85. The van der Waals surface area contributed by atoms with Crippen molar-refractivity contribution in [3.05, 3.63) is 17.2 Å². The first-order chi connectivity index (χ1) is 16.9. The molecule has 0 saturated carbocycles. The molecule has 16 heteroatoms. The number of carbonyl (C=O) groups excluding carboxylic acids is 4. The molecule has 1 aromatic carbocycles. The maximum absolute atomic E-state index is 12.9. The molecule has 15 nitrogen and oxygen atoms in total. The molecule has 2 aliphatic heterocycles. The van der Waals surface area contributed by atoms with Gasteiger partial charge < -0.3 is 45.6 Å². The highest BCUT2D eigenvalue weighted by Crippen LogP contribution is 2.41. The van der Waals surface area contributed by atoms with Crippen molar-refractivity contribution >= 4 is 36.8 Å². The molecular formula is C20H25BN4O11. The van der Waals surface area contributed by atoms with Gasteiger partial charge in [-0.3, -0.25) is 19.3 Å². The van der Waals surface area contributed by atoms with Crippen molar-refractivity contribution in [2.75, 3.05) is 19.6 Å². The number of hydrogen-bond donors (Lipinski definition) is 7. The minimum atomic E-state index is -1.80. The van der Waals surface area contributed by atoms with E-state index in [1.54, 1.807) is 6.92 Å². The summed E-state index contributed by atoms with van der Waals surface area (Å²) >= 11 is 0. The van der Waals surface area contributed by atoms with E-state index in [1.165, 1.54) is 11.8 Å². The summed E-state index contributed by atoms with van der Waals surface area (Å²) < 4.78 is 5.18. The summed E-state index contributed by atoms with van der Waals surface area (Å²) in [4.78, 5) is 63.1. The summed E-state index contributed by atoms with van der Waals surface area (Å²) in [6.07, 6.45) is -1.71. The smallest absolute Gasteiger partial charge is 0.534 e. The van der Waals surface area contributed by atoms with Crippen molar-refractivity contribution in [3.8, 4) is 17.2 Å². The number of aliphatic hydroxyl groups excluding tert-OH is 1. The van der Waals surface area contributed by atoms with Gasteiger partial charge in [-0.2, -0.15) is 0 Å². The van der Waals surface area contributed by atoms with Gasteiger partial charge in [0.05, 0.1) is 12.0 Å². The van der Waals surface area contributed by atoms with Crippen LogP contribution in [0.5, 0.6) is 17.2 Å². The summed E-state index contributed by atoms with van der Waals surface area (Å²) in [7, 11) is -1.80. The van der Waals surface area contributed by atoms with Crippen molar-refractivity contribution in [2.24, 2.45) is 0 Å². The molecule has 0 aliphatic carbocycles. The molecule has 2 heterocycles. The first-order valence-corrected chi connectivity index (χ1v) is 10.9. The number of urea groups is 1. The molecule has 1 unspecified atom stereocenters. The largest absolute Gasteiger partial charge is 0.547 e. The number of nitrogens with zero attached hydrogens (tertiary/aromatic N) is 2. The van der Waals surface area contributed by atoms with E-state index in [-0.39, 0.29) is 31.6 Å². The first kappa shape index (κ1) is 26.6. The number of imide groups is 1. The van der Waals surface area contributed by atoms with Crippen molar-refractivity contribution in [1.82, 2.24) is 20.4 Å². The number of aromatic carboxylic acids is 1. The van der Waals surface area contributed by atoms with Crippen molar-refractivity contribution in [1.29, 1.82) is 0 Å². The van der Waals surface area contributed by atoms with E-state index >= 15 is 0 Å². The minimum Gasteiger partial charge on any atom is -0.534 e. The fourth-order valence-electron chi connectivity index (χ4n) is 3.90. The highest BCUT2D eigenvalue weighted by molar-refractivity contribution is 6.47. The number of carboxylic acids is 1. The van der Waals surface area contributed by atoms with Crippen LogP contribution in [-0.2, 0) is 20.8 Å². The van der Waals surface area contributed by atoms with Crippen LogP contribution < -0.4 is 15.3 Å². The van der Waals surface area contributed by atoms with Crippen LogP contribution in [0.15, 0.2) is 6.07 Å². The Labute approximate surface area is 204 Å². The monoisotopic (exact) mass is 508 g/mol. The lowest BCUT2D eigenvalue weighted by atomic mass is 9.72. The molecular weight excluding hydrogens is 483 g/mol. The van der Waals surface area contributed by atoms with Crippen LogP contribution in [0.2, 0.25) is 0 Å². The Morgan fingerprint density at radius 3 is 2.47 bits per heavy atom. The number of carbonyl (C=O) groups is 5. The number of aromatic hydroxyl groups is 2. The number of phenolic OH excluding ortho intramolecular Hbond substituents is 1. The van der Waals surface area contributed by atoms with Gasteiger partial charge in [-0.1, -0.05) is 0 Å². The predicted molar refractivity (Wildman–Crippen MR) is 119 cm³/mol. The maximum Gasteiger partial charge on any atom is 0.547 e. The van der Waals surface area contributed by atoms with Crippen LogP contribution in [0.1, 0.15) is 29.8 Å². The number of hydrogen-bond acceptors (Lipinski definition) is 10. The number of amides is 5. The van der Waals surface area contributed by atoms with Gasteiger partial charge in [-0.15, -0.1) is 0 Å². The SMILES string of the molecule is CCN1CCN(C(=O)N[C@@H](C(=O)NC2Cc3cc(O)c(O)c(C(=O)O)c3OB2O)[C@@H](C)O)C(=O)C1=O. The summed E-state index contributed by atoms with van der Waals surface area (Å²) in [6.45, 7) is 3.12. The van der Waals surface area contributed by atoms with E-state index in [2.05, 4.69) is 10.6 Å². The number of phenols is 2. The Morgan fingerprint density at radius 1 is 1.22 bits per heavy atom. The van der Waals surface area contributed by atoms with E-state index in [9.17, 15) is 49.4 Å². The van der Waals surface area contributed by atoms with Gasteiger partial charge in [0.1, 0.15) is 17.4 Å². The van der Waals surface area contributed by atoms with Gasteiger partial charge in [0, 0.05) is 19.6 Å². The average Bonchev–Trinajstić information content (AvgIpc) is 2.80.